The van der Waals surface area contributed by atoms with Gasteiger partial charge in [-0.15, -0.1) is 0 Å². The van der Waals surface area contributed by atoms with Crippen LogP contribution in [0.1, 0.15) is 194 Å². The van der Waals surface area contributed by atoms with Gasteiger partial charge in [0.25, 0.3) is 0 Å². The molecule has 2 atom stereocenters. The highest BCUT2D eigenvalue weighted by atomic mass is 31.2. The maximum atomic E-state index is 13.2. The zero-order valence-corrected chi connectivity index (χ0v) is 29.4. The molecule has 0 radical (unpaired) electrons. The number of rotatable bonds is 33. The van der Waals surface area contributed by atoms with Crippen molar-refractivity contribution in [3.63, 3.8) is 0 Å². The number of aliphatic hydroxyl groups is 3. The Morgan fingerprint density at radius 1 is 0.500 bits per heavy atom. The maximum Gasteiger partial charge on any atom is 0.466 e. The van der Waals surface area contributed by atoms with E-state index in [-0.39, 0.29) is 12.8 Å². The van der Waals surface area contributed by atoms with E-state index in [9.17, 15) is 29.5 Å². The molecule has 0 spiro atoms. The van der Waals surface area contributed by atoms with Gasteiger partial charge in [-0.2, -0.15) is 0 Å². The Balaban J connectivity index is 4.18. The fourth-order valence-electron chi connectivity index (χ4n) is 5.38. The van der Waals surface area contributed by atoms with E-state index in [2.05, 4.69) is 13.8 Å². The van der Waals surface area contributed by atoms with Crippen LogP contribution < -0.4 is 0 Å². The number of aliphatic hydroxyl groups excluding tert-OH is 3. The highest BCUT2D eigenvalue weighted by molar-refractivity contribution is 7.55. The molecule has 0 rings (SSSR count). The molecule has 44 heavy (non-hydrogen) atoms. The van der Waals surface area contributed by atoms with Crippen molar-refractivity contribution < 1.29 is 38.5 Å². The second kappa shape index (κ2) is 30.7. The van der Waals surface area contributed by atoms with Crippen molar-refractivity contribution >= 4 is 19.5 Å². The first-order valence-corrected chi connectivity index (χ1v) is 19.9. The summed E-state index contributed by atoms with van der Waals surface area (Å²) in [6.07, 6.45) is 28.1. The number of carbonyl (C=O) groups excluding carboxylic acids is 2. The summed E-state index contributed by atoms with van der Waals surface area (Å²) >= 11 is 0. The van der Waals surface area contributed by atoms with Gasteiger partial charge in [-0.05, 0) is 12.8 Å². The van der Waals surface area contributed by atoms with Crippen LogP contribution in [-0.4, -0.2) is 45.8 Å². The Morgan fingerprint density at radius 2 is 0.750 bits per heavy atom. The van der Waals surface area contributed by atoms with Crippen LogP contribution in [0.5, 0.6) is 0 Å². The van der Waals surface area contributed by atoms with E-state index in [1.165, 1.54) is 116 Å². The average Bonchev–Trinajstić information content (AvgIpc) is 3.00. The number of carbonyl (C=O) groups is 2. The molecule has 0 saturated heterocycles. The van der Waals surface area contributed by atoms with Crippen LogP contribution in [0.4, 0.5) is 0 Å². The summed E-state index contributed by atoms with van der Waals surface area (Å²) in [6, 6.07) is 0. The molecule has 8 nitrogen and oxygen atoms in total. The van der Waals surface area contributed by atoms with Crippen LogP contribution in [0.2, 0.25) is 0 Å². The molecule has 0 heterocycles. The summed E-state index contributed by atoms with van der Waals surface area (Å²) in [5.74, 6) is -3.90. The summed E-state index contributed by atoms with van der Waals surface area (Å²) in [4.78, 5) is 24.8. The van der Waals surface area contributed by atoms with Gasteiger partial charge in [-0.1, -0.05) is 168 Å². The molecule has 0 aromatic heterocycles. The van der Waals surface area contributed by atoms with E-state index in [1.807, 2.05) is 0 Å². The van der Waals surface area contributed by atoms with Crippen LogP contribution in [0.25, 0.3) is 0 Å². The van der Waals surface area contributed by atoms with Crippen molar-refractivity contribution in [2.45, 2.75) is 206 Å². The molecule has 0 amide bonds. The Labute approximate surface area is 270 Å². The average molecular weight is 649 g/mol. The minimum atomic E-state index is -4.72. The molecule has 0 aliphatic carbocycles. The lowest BCUT2D eigenvalue weighted by molar-refractivity contribution is -0.140. The third kappa shape index (κ3) is 25.3. The van der Waals surface area contributed by atoms with Crippen molar-refractivity contribution in [2.24, 2.45) is 0 Å². The molecule has 2 unspecified atom stereocenters. The minimum Gasteiger partial charge on any atom is -0.394 e. The molecular formula is C35H69O8P. The van der Waals surface area contributed by atoms with Crippen LogP contribution >= 0.6 is 7.60 Å². The first-order valence-electron chi connectivity index (χ1n) is 18.3. The largest absolute Gasteiger partial charge is 0.466 e. The van der Waals surface area contributed by atoms with Crippen molar-refractivity contribution in [1.29, 1.82) is 0 Å². The Hall–Kier alpha value is -0.950. The predicted molar refractivity (Wildman–Crippen MR) is 180 cm³/mol. The van der Waals surface area contributed by atoms with Crippen molar-refractivity contribution in [1.82, 2.24) is 0 Å². The van der Waals surface area contributed by atoms with Gasteiger partial charge in [0, 0.05) is 12.8 Å². The van der Waals surface area contributed by atoms with Gasteiger partial charge < -0.3 is 24.4 Å². The van der Waals surface area contributed by atoms with Gasteiger partial charge in [-0.3, -0.25) is 9.59 Å². The summed E-state index contributed by atoms with van der Waals surface area (Å²) in [6.45, 7) is 3.54. The third-order valence-corrected chi connectivity index (χ3v) is 10.2. The Morgan fingerprint density at radius 3 is 1.00 bits per heavy atom. The van der Waals surface area contributed by atoms with Gasteiger partial charge in [0.2, 0.25) is 5.85 Å². The maximum absolute atomic E-state index is 13.2. The smallest absolute Gasteiger partial charge is 0.394 e. The normalized spacial score (nSPS) is 13.1. The second-order valence-electron chi connectivity index (χ2n) is 12.6. The van der Waals surface area contributed by atoms with Crippen molar-refractivity contribution in [2.75, 3.05) is 6.61 Å². The molecule has 262 valence electrons. The van der Waals surface area contributed by atoms with E-state index in [0.717, 1.165) is 38.5 Å². The molecule has 0 saturated carbocycles. The number of hydrogen-bond acceptors (Lipinski definition) is 8. The molecule has 3 N–H and O–H groups in total. The molecular weight excluding hydrogens is 579 g/mol. The first kappa shape index (κ1) is 43.0. The summed E-state index contributed by atoms with van der Waals surface area (Å²) in [5.41, 5.74) is 0. The number of hydrogen-bond donors (Lipinski definition) is 3. The zero-order chi connectivity index (χ0) is 32.7. The van der Waals surface area contributed by atoms with Crippen LogP contribution in [0.15, 0.2) is 0 Å². The lowest BCUT2D eigenvalue weighted by Gasteiger charge is -2.24. The van der Waals surface area contributed by atoms with E-state index < -0.39 is 38.1 Å². The molecule has 9 heteroatoms. The van der Waals surface area contributed by atoms with Crippen LogP contribution in [0.3, 0.4) is 0 Å². The van der Waals surface area contributed by atoms with E-state index in [1.54, 1.807) is 0 Å². The molecule has 0 aromatic carbocycles. The quantitative estimate of drug-likeness (QED) is 0.0473. The van der Waals surface area contributed by atoms with Crippen molar-refractivity contribution in [3.05, 3.63) is 0 Å². The van der Waals surface area contributed by atoms with Crippen LogP contribution in [-0.2, 0) is 23.2 Å². The lowest BCUT2D eigenvalue weighted by atomic mass is 10.0. The highest BCUT2D eigenvalue weighted by Gasteiger charge is 2.45. The molecule has 0 bridgehead atoms. The summed E-state index contributed by atoms with van der Waals surface area (Å²) in [5, 5.41) is 29.3. The van der Waals surface area contributed by atoms with Gasteiger partial charge in [0.05, 0.1) is 6.61 Å². The van der Waals surface area contributed by atoms with E-state index >= 15 is 0 Å². The highest BCUT2D eigenvalue weighted by Crippen LogP contribution is 2.54. The SMILES string of the molecule is CCCCCCCCCCCCCCCC(=O)OP(=O)(OC(=O)CCCCCCCCCCCCCCC)C(O)C(O)CO. The molecule has 0 aliphatic rings. The molecule has 0 fully saturated rings. The fourth-order valence-corrected chi connectivity index (χ4v) is 6.90. The fraction of sp³-hybridized carbons (Fsp3) is 0.943. The first-order chi connectivity index (χ1) is 21.3. The van der Waals surface area contributed by atoms with Gasteiger partial charge in [0.15, 0.2) is 0 Å². The van der Waals surface area contributed by atoms with E-state index in [0.29, 0.717) is 12.8 Å². The zero-order valence-electron chi connectivity index (χ0n) is 28.5. The Kier molecular flexibility index (Phi) is 30.0. The standard InChI is InChI=1S/C35H69O8P/c1-3-5-7-9-11-13-15-17-19-21-23-25-27-29-33(38)42-44(41,35(40)32(37)31-36)43-34(39)30-28-26-24-22-20-18-16-14-12-10-8-6-4-2/h32,35-37,40H,3-31H2,1-2H3. The monoisotopic (exact) mass is 648 g/mol. The predicted octanol–water partition coefficient (Wildman–Crippen LogP) is 9.90. The van der Waals surface area contributed by atoms with Crippen molar-refractivity contribution in [3.8, 4) is 0 Å². The lowest BCUT2D eigenvalue weighted by Crippen LogP contribution is -2.32. The minimum absolute atomic E-state index is 0.0277. The molecule has 0 aromatic rings. The number of unbranched alkanes of at least 4 members (excludes halogenated alkanes) is 24. The van der Waals surface area contributed by atoms with Gasteiger partial charge >= 0.3 is 19.5 Å². The second-order valence-corrected chi connectivity index (χ2v) is 14.6. The summed E-state index contributed by atoms with van der Waals surface area (Å²) < 4.78 is 23.1. The topological polar surface area (TPSA) is 130 Å². The third-order valence-electron chi connectivity index (χ3n) is 8.28. The van der Waals surface area contributed by atoms with E-state index in [4.69, 9.17) is 9.05 Å². The van der Waals surface area contributed by atoms with Gasteiger partial charge in [0.1, 0.15) is 6.10 Å². The Bertz CT molecular complexity index is 669. The summed E-state index contributed by atoms with van der Waals surface area (Å²) in [7, 11) is -4.72. The van der Waals surface area contributed by atoms with Crippen LogP contribution in [0, 0.1) is 0 Å². The van der Waals surface area contributed by atoms with Gasteiger partial charge in [-0.25, -0.2) is 4.57 Å². The molecule has 0 aliphatic heterocycles.